The second kappa shape index (κ2) is 5.51. The molecular formula is C14H22O2. The summed E-state index contributed by atoms with van der Waals surface area (Å²) in [6, 6.07) is 0. The van der Waals surface area contributed by atoms with Crippen molar-refractivity contribution in [1.82, 2.24) is 0 Å². The normalized spacial score (nSPS) is 23.2. The molecule has 2 heteroatoms. The van der Waals surface area contributed by atoms with Crippen LogP contribution in [-0.2, 0) is 9.53 Å². The van der Waals surface area contributed by atoms with Crippen LogP contribution in [-0.4, -0.2) is 12.6 Å². The Morgan fingerprint density at radius 2 is 1.75 bits per heavy atom. The van der Waals surface area contributed by atoms with Crippen molar-refractivity contribution in [2.24, 2.45) is 11.8 Å². The van der Waals surface area contributed by atoms with E-state index in [-0.39, 0.29) is 5.97 Å². The van der Waals surface area contributed by atoms with E-state index in [0.29, 0.717) is 18.4 Å². The minimum Gasteiger partial charge on any atom is -0.463 e. The number of esters is 1. The molecule has 0 spiro atoms. The highest BCUT2D eigenvalue weighted by Gasteiger charge is 2.32. The summed E-state index contributed by atoms with van der Waals surface area (Å²) in [5, 5.41) is 0. The fraction of sp³-hybridized carbons (Fsp3) is 0.786. The summed E-state index contributed by atoms with van der Waals surface area (Å²) in [6.07, 6.45) is 11.0. The van der Waals surface area contributed by atoms with Crippen LogP contribution in [0.25, 0.3) is 0 Å². The Hall–Kier alpha value is -0.790. The monoisotopic (exact) mass is 222 g/mol. The zero-order valence-corrected chi connectivity index (χ0v) is 10.2. The van der Waals surface area contributed by atoms with Crippen molar-refractivity contribution in [3.8, 4) is 0 Å². The molecule has 0 N–H and O–H groups in total. The lowest BCUT2D eigenvalue weighted by Crippen LogP contribution is -2.13. The summed E-state index contributed by atoms with van der Waals surface area (Å²) >= 11 is 0. The zero-order chi connectivity index (χ0) is 11.4. The molecule has 0 heterocycles. The Labute approximate surface area is 98.1 Å². The Morgan fingerprint density at radius 1 is 1.12 bits per heavy atom. The third-order valence-electron chi connectivity index (χ3n) is 3.70. The molecule has 0 aromatic heterocycles. The largest absolute Gasteiger partial charge is 0.463 e. The van der Waals surface area contributed by atoms with Gasteiger partial charge in [-0.25, -0.2) is 4.79 Å². The van der Waals surface area contributed by atoms with Gasteiger partial charge in [0, 0.05) is 6.08 Å². The highest BCUT2D eigenvalue weighted by atomic mass is 16.5. The SMILES string of the molecule is CCOC(=O)/C=C(\C1CCCCC1)C1CC1. The van der Waals surface area contributed by atoms with Crippen LogP contribution in [0.3, 0.4) is 0 Å². The highest BCUT2D eigenvalue weighted by molar-refractivity contribution is 5.83. The van der Waals surface area contributed by atoms with Gasteiger partial charge in [0.2, 0.25) is 0 Å². The Morgan fingerprint density at radius 3 is 2.31 bits per heavy atom. The van der Waals surface area contributed by atoms with E-state index in [1.54, 1.807) is 6.08 Å². The minimum atomic E-state index is -0.130. The van der Waals surface area contributed by atoms with Gasteiger partial charge in [-0.1, -0.05) is 24.8 Å². The topological polar surface area (TPSA) is 26.3 Å². The fourth-order valence-electron chi connectivity index (χ4n) is 2.74. The standard InChI is InChI=1S/C14H22O2/c1-2-16-14(15)10-13(12-8-9-12)11-6-4-3-5-7-11/h10-12H,2-9H2,1H3/b13-10+. The molecule has 0 unspecified atom stereocenters. The van der Waals surface area contributed by atoms with Gasteiger partial charge in [-0.05, 0) is 44.4 Å². The van der Waals surface area contributed by atoms with Gasteiger partial charge in [0.25, 0.3) is 0 Å². The lowest BCUT2D eigenvalue weighted by Gasteiger charge is -2.24. The first-order chi connectivity index (χ1) is 7.81. The van der Waals surface area contributed by atoms with Gasteiger partial charge in [-0.2, -0.15) is 0 Å². The van der Waals surface area contributed by atoms with Crippen molar-refractivity contribution >= 4 is 5.97 Å². The molecule has 0 amide bonds. The van der Waals surface area contributed by atoms with Crippen molar-refractivity contribution < 1.29 is 9.53 Å². The van der Waals surface area contributed by atoms with E-state index >= 15 is 0 Å². The number of hydrogen-bond donors (Lipinski definition) is 0. The Bertz CT molecular complexity index is 270. The number of rotatable bonds is 4. The van der Waals surface area contributed by atoms with Gasteiger partial charge in [0.05, 0.1) is 6.61 Å². The molecule has 2 fully saturated rings. The van der Waals surface area contributed by atoms with Gasteiger partial charge < -0.3 is 4.74 Å². The van der Waals surface area contributed by atoms with Crippen molar-refractivity contribution in [2.75, 3.05) is 6.61 Å². The third-order valence-corrected chi connectivity index (χ3v) is 3.70. The maximum Gasteiger partial charge on any atom is 0.330 e. The smallest absolute Gasteiger partial charge is 0.330 e. The van der Waals surface area contributed by atoms with E-state index in [0.717, 1.165) is 0 Å². The molecule has 2 aliphatic rings. The zero-order valence-electron chi connectivity index (χ0n) is 10.2. The van der Waals surface area contributed by atoms with Crippen LogP contribution in [0, 0.1) is 11.8 Å². The molecule has 90 valence electrons. The van der Waals surface area contributed by atoms with E-state index in [2.05, 4.69) is 0 Å². The number of hydrogen-bond acceptors (Lipinski definition) is 2. The maximum absolute atomic E-state index is 11.5. The van der Waals surface area contributed by atoms with Crippen molar-refractivity contribution in [1.29, 1.82) is 0 Å². The van der Waals surface area contributed by atoms with Gasteiger partial charge in [-0.15, -0.1) is 0 Å². The van der Waals surface area contributed by atoms with E-state index in [9.17, 15) is 4.79 Å². The van der Waals surface area contributed by atoms with Crippen molar-refractivity contribution in [3.63, 3.8) is 0 Å². The van der Waals surface area contributed by atoms with Crippen LogP contribution in [0.5, 0.6) is 0 Å². The summed E-state index contributed by atoms with van der Waals surface area (Å²) in [6.45, 7) is 2.35. The highest BCUT2D eigenvalue weighted by Crippen LogP contribution is 2.44. The molecule has 2 aliphatic carbocycles. The first kappa shape index (κ1) is 11.7. The molecule has 0 bridgehead atoms. The van der Waals surface area contributed by atoms with Crippen LogP contribution in [0.1, 0.15) is 51.9 Å². The van der Waals surface area contributed by atoms with Crippen LogP contribution in [0.2, 0.25) is 0 Å². The predicted octanol–water partition coefficient (Wildman–Crippen LogP) is 3.47. The molecule has 2 nitrogen and oxygen atoms in total. The Kier molecular flexibility index (Phi) is 4.03. The van der Waals surface area contributed by atoms with E-state index in [4.69, 9.17) is 4.74 Å². The van der Waals surface area contributed by atoms with Crippen LogP contribution < -0.4 is 0 Å². The van der Waals surface area contributed by atoms with Crippen LogP contribution >= 0.6 is 0 Å². The van der Waals surface area contributed by atoms with E-state index in [1.165, 1.54) is 50.5 Å². The number of ether oxygens (including phenoxy) is 1. The third kappa shape index (κ3) is 3.10. The number of carbonyl (C=O) groups is 1. The molecule has 16 heavy (non-hydrogen) atoms. The molecule has 0 aromatic carbocycles. The summed E-state index contributed by atoms with van der Waals surface area (Å²) in [4.78, 5) is 11.5. The van der Waals surface area contributed by atoms with Gasteiger partial charge >= 0.3 is 5.97 Å². The van der Waals surface area contributed by atoms with E-state index in [1.807, 2.05) is 6.92 Å². The van der Waals surface area contributed by atoms with Gasteiger partial charge in [0.1, 0.15) is 0 Å². The molecule has 0 atom stereocenters. The number of carbonyl (C=O) groups excluding carboxylic acids is 1. The van der Waals surface area contributed by atoms with Crippen molar-refractivity contribution in [2.45, 2.75) is 51.9 Å². The lowest BCUT2D eigenvalue weighted by molar-refractivity contribution is -0.137. The number of allylic oxidation sites excluding steroid dienone is 1. The molecule has 0 aromatic rings. The van der Waals surface area contributed by atoms with Crippen LogP contribution in [0.4, 0.5) is 0 Å². The second-order valence-corrected chi connectivity index (χ2v) is 5.01. The molecular weight excluding hydrogens is 200 g/mol. The Balaban J connectivity index is 2.00. The van der Waals surface area contributed by atoms with Crippen LogP contribution in [0.15, 0.2) is 11.6 Å². The lowest BCUT2D eigenvalue weighted by atomic mass is 9.81. The molecule has 0 radical (unpaired) electrons. The summed E-state index contributed by atoms with van der Waals surface area (Å²) < 4.78 is 5.03. The predicted molar refractivity (Wildman–Crippen MR) is 64.0 cm³/mol. The molecule has 2 rings (SSSR count). The summed E-state index contributed by atoms with van der Waals surface area (Å²) in [5.74, 6) is 1.24. The second-order valence-electron chi connectivity index (χ2n) is 5.01. The molecule has 0 aliphatic heterocycles. The summed E-state index contributed by atoms with van der Waals surface area (Å²) in [7, 11) is 0. The summed E-state index contributed by atoms with van der Waals surface area (Å²) in [5.41, 5.74) is 1.40. The molecule has 2 saturated carbocycles. The average Bonchev–Trinajstić information content (AvgIpc) is 3.11. The molecule has 0 saturated heterocycles. The van der Waals surface area contributed by atoms with E-state index < -0.39 is 0 Å². The first-order valence-electron chi connectivity index (χ1n) is 6.69. The van der Waals surface area contributed by atoms with Crippen molar-refractivity contribution in [3.05, 3.63) is 11.6 Å². The first-order valence-corrected chi connectivity index (χ1v) is 6.69. The minimum absolute atomic E-state index is 0.130. The van der Waals surface area contributed by atoms with Gasteiger partial charge in [0.15, 0.2) is 0 Å². The maximum atomic E-state index is 11.5. The average molecular weight is 222 g/mol. The fourth-order valence-corrected chi connectivity index (χ4v) is 2.74. The van der Waals surface area contributed by atoms with Gasteiger partial charge in [-0.3, -0.25) is 0 Å². The quantitative estimate of drug-likeness (QED) is 0.538.